The third-order valence-electron chi connectivity index (χ3n) is 0.789. The average molecular weight is 116 g/mol. The van der Waals surface area contributed by atoms with E-state index in [9.17, 15) is 0 Å². The van der Waals surface area contributed by atoms with Crippen molar-refractivity contribution in [1.82, 2.24) is 0 Å². The molecule has 0 aromatic heterocycles. The molecule has 0 aromatic carbocycles. The molecular formula is C6H12O2. The van der Waals surface area contributed by atoms with Crippen molar-refractivity contribution >= 4 is 0 Å². The molecule has 1 heterocycles. The molecule has 0 aromatic rings. The number of hydrogen-bond acceptors (Lipinski definition) is 2. The molecule has 0 aliphatic carbocycles. The van der Waals surface area contributed by atoms with E-state index in [-0.39, 0.29) is 0 Å². The molecule has 1 aliphatic rings. The predicted octanol–water partition coefficient (Wildman–Crippen LogP) is 1.53. The van der Waals surface area contributed by atoms with Crippen LogP contribution >= 0.6 is 0 Å². The van der Waals surface area contributed by atoms with Crippen molar-refractivity contribution in [3.63, 3.8) is 0 Å². The molecule has 0 radical (unpaired) electrons. The molecule has 1 aliphatic heterocycles. The Labute approximate surface area is 50.0 Å². The second-order valence-corrected chi connectivity index (χ2v) is 1.35. The van der Waals surface area contributed by atoms with Crippen LogP contribution in [0.15, 0.2) is 13.2 Å². The van der Waals surface area contributed by atoms with Crippen LogP contribution < -0.4 is 0 Å². The zero-order chi connectivity index (χ0) is 6.24. The lowest BCUT2D eigenvalue weighted by atomic mass is 10.3. The fourth-order valence-corrected chi connectivity index (χ4v) is 0.440. The van der Waals surface area contributed by atoms with E-state index in [4.69, 9.17) is 0 Å². The highest BCUT2D eigenvalue weighted by Gasteiger charge is 1.95. The van der Waals surface area contributed by atoms with E-state index in [1.165, 1.54) is 0 Å². The summed E-state index contributed by atoms with van der Waals surface area (Å²) in [5.41, 5.74) is 0. The molecule has 0 spiro atoms. The monoisotopic (exact) mass is 116 g/mol. The van der Waals surface area contributed by atoms with Gasteiger partial charge >= 0.3 is 0 Å². The Morgan fingerprint density at radius 1 is 0.875 bits per heavy atom. The van der Waals surface area contributed by atoms with Gasteiger partial charge in [-0.2, -0.15) is 0 Å². The normalized spacial score (nSPS) is 18.5. The van der Waals surface area contributed by atoms with Crippen molar-refractivity contribution in [2.75, 3.05) is 13.2 Å². The molecule has 1 saturated heterocycles. The zero-order valence-corrected chi connectivity index (χ0v) is 5.06. The highest BCUT2D eigenvalue weighted by atomic mass is 17.2. The quantitative estimate of drug-likeness (QED) is 0.353. The smallest absolute Gasteiger partial charge is 0.0823 e. The van der Waals surface area contributed by atoms with Crippen LogP contribution in [0.1, 0.15) is 12.8 Å². The van der Waals surface area contributed by atoms with E-state index >= 15 is 0 Å². The molecule has 0 unspecified atom stereocenters. The van der Waals surface area contributed by atoms with E-state index < -0.39 is 0 Å². The second-order valence-electron chi connectivity index (χ2n) is 1.35. The predicted molar refractivity (Wildman–Crippen MR) is 32.4 cm³/mol. The molecule has 1 fully saturated rings. The summed E-state index contributed by atoms with van der Waals surface area (Å²) in [6.07, 6.45) is 2.31. The van der Waals surface area contributed by atoms with Crippen molar-refractivity contribution < 1.29 is 9.78 Å². The topological polar surface area (TPSA) is 18.5 Å². The first-order valence-electron chi connectivity index (χ1n) is 2.74. The van der Waals surface area contributed by atoms with Gasteiger partial charge in [-0.15, -0.1) is 13.2 Å². The lowest BCUT2D eigenvalue weighted by Gasteiger charge is -2.07. The van der Waals surface area contributed by atoms with Gasteiger partial charge in [-0.3, -0.25) is 0 Å². The van der Waals surface area contributed by atoms with Crippen LogP contribution in [0.4, 0.5) is 0 Å². The average Bonchev–Trinajstić information content (AvgIpc) is 1.96. The molecule has 2 heteroatoms. The first kappa shape index (κ1) is 7.66. The van der Waals surface area contributed by atoms with Gasteiger partial charge < -0.3 is 0 Å². The molecule has 48 valence electrons. The summed E-state index contributed by atoms with van der Waals surface area (Å²) in [5.74, 6) is 0. The third-order valence-corrected chi connectivity index (χ3v) is 0.789. The van der Waals surface area contributed by atoms with Gasteiger partial charge in [-0.25, -0.2) is 9.78 Å². The lowest BCUT2D eigenvalue weighted by Crippen LogP contribution is -2.05. The van der Waals surface area contributed by atoms with Crippen LogP contribution in [0.5, 0.6) is 0 Å². The maximum atomic E-state index is 4.57. The first-order valence-corrected chi connectivity index (χ1v) is 2.74. The third kappa shape index (κ3) is 3.84. The Bertz CT molecular complexity index is 30.3. The standard InChI is InChI=1S/C4H8O2.C2H4/c1-2-4-6-5-3-1;1-2/h1-4H2;1-2H2. The molecule has 0 atom stereocenters. The van der Waals surface area contributed by atoms with Gasteiger partial charge in [-0.1, -0.05) is 0 Å². The number of rotatable bonds is 0. The van der Waals surface area contributed by atoms with Gasteiger partial charge in [0.2, 0.25) is 0 Å². The molecule has 8 heavy (non-hydrogen) atoms. The highest BCUT2D eigenvalue weighted by Crippen LogP contribution is 1.97. The van der Waals surface area contributed by atoms with Crippen LogP contribution in [0.25, 0.3) is 0 Å². The molecule has 0 saturated carbocycles. The summed E-state index contributed by atoms with van der Waals surface area (Å²) in [4.78, 5) is 9.14. The van der Waals surface area contributed by atoms with Crippen LogP contribution in [-0.4, -0.2) is 13.2 Å². The van der Waals surface area contributed by atoms with Gasteiger partial charge in [0.25, 0.3) is 0 Å². The fraction of sp³-hybridized carbons (Fsp3) is 0.667. The van der Waals surface area contributed by atoms with Gasteiger partial charge in [-0.05, 0) is 12.8 Å². The minimum Gasteiger partial charge on any atom is -0.237 e. The zero-order valence-electron chi connectivity index (χ0n) is 5.06. The molecule has 0 bridgehead atoms. The van der Waals surface area contributed by atoms with Gasteiger partial charge in [0.05, 0.1) is 13.2 Å². The van der Waals surface area contributed by atoms with Gasteiger partial charge in [0.15, 0.2) is 0 Å². The SMILES string of the molecule is C1CCOOC1.C=C. The molecule has 0 N–H and O–H groups in total. The van der Waals surface area contributed by atoms with Crippen molar-refractivity contribution in [1.29, 1.82) is 0 Å². The number of hydrogen-bond donors (Lipinski definition) is 0. The van der Waals surface area contributed by atoms with Crippen molar-refractivity contribution in [3.8, 4) is 0 Å². The molecule has 2 nitrogen and oxygen atoms in total. The Morgan fingerprint density at radius 3 is 1.38 bits per heavy atom. The highest BCUT2D eigenvalue weighted by molar-refractivity contribution is 4.36. The summed E-state index contributed by atoms with van der Waals surface area (Å²) in [6.45, 7) is 7.56. The summed E-state index contributed by atoms with van der Waals surface area (Å²) >= 11 is 0. The van der Waals surface area contributed by atoms with Crippen LogP contribution in [0, 0.1) is 0 Å². The minimum atomic E-state index is 0.778. The first-order chi connectivity index (χ1) is 4.00. The lowest BCUT2D eigenvalue weighted by molar-refractivity contribution is -0.312. The Balaban J connectivity index is 0.000000222. The van der Waals surface area contributed by atoms with Crippen LogP contribution in [0.3, 0.4) is 0 Å². The van der Waals surface area contributed by atoms with E-state index in [1.807, 2.05) is 0 Å². The Kier molecular flexibility index (Phi) is 6.38. The second kappa shape index (κ2) is 6.66. The van der Waals surface area contributed by atoms with Gasteiger partial charge in [0, 0.05) is 0 Å². The van der Waals surface area contributed by atoms with E-state index in [1.54, 1.807) is 0 Å². The minimum absolute atomic E-state index is 0.778. The summed E-state index contributed by atoms with van der Waals surface area (Å²) in [7, 11) is 0. The van der Waals surface area contributed by atoms with Crippen molar-refractivity contribution in [2.45, 2.75) is 12.8 Å². The maximum Gasteiger partial charge on any atom is 0.0823 e. The summed E-state index contributed by atoms with van der Waals surface area (Å²) in [5, 5.41) is 0. The maximum absolute atomic E-state index is 4.57. The summed E-state index contributed by atoms with van der Waals surface area (Å²) in [6, 6.07) is 0. The van der Waals surface area contributed by atoms with Crippen LogP contribution in [0.2, 0.25) is 0 Å². The Hall–Kier alpha value is -0.340. The Morgan fingerprint density at radius 2 is 1.25 bits per heavy atom. The summed E-state index contributed by atoms with van der Waals surface area (Å²) < 4.78 is 0. The molecule has 1 rings (SSSR count). The molecular weight excluding hydrogens is 104 g/mol. The fourth-order valence-electron chi connectivity index (χ4n) is 0.440. The molecule has 0 amide bonds. The van der Waals surface area contributed by atoms with E-state index in [0.29, 0.717) is 0 Å². The van der Waals surface area contributed by atoms with Crippen molar-refractivity contribution in [2.24, 2.45) is 0 Å². The van der Waals surface area contributed by atoms with E-state index in [0.717, 1.165) is 26.1 Å². The van der Waals surface area contributed by atoms with Crippen LogP contribution in [-0.2, 0) is 9.78 Å². The van der Waals surface area contributed by atoms with Crippen molar-refractivity contribution in [3.05, 3.63) is 13.2 Å². The van der Waals surface area contributed by atoms with Gasteiger partial charge in [0.1, 0.15) is 0 Å². The van der Waals surface area contributed by atoms with E-state index in [2.05, 4.69) is 22.9 Å². The largest absolute Gasteiger partial charge is 0.237 e.